The number of amides is 3. The van der Waals surface area contributed by atoms with Gasteiger partial charge in [0.05, 0.1) is 34.9 Å². The van der Waals surface area contributed by atoms with Gasteiger partial charge in [-0.3, -0.25) is 19.3 Å². The predicted octanol–water partition coefficient (Wildman–Crippen LogP) is 7.67. The summed E-state index contributed by atoms with van der Waals surface area (Å²) in [6, 6.07) is 12.8. The van der Waals surface area contributed by atoms with Crippen molar-refractivity contribution < 1.29 is 41.8 Å². The standard InChI is InChI=1S/C29H23Cl2F3N2O6S/c1-3-41-23-11-16(10-20(31)26(23)42-15-17-6-4-5-7-19(17)30)12-24-27(38)36(28(39)43-24)14-25(37)35-21-13-18(29(32,33)34)8-9-22(21)40-2/h4-13H,3,14-15H2,1-2H3,(H,35,37)/b24-12-. The Bertz CT molecular complexity index is 1600. The number of ether oxygens (including phenoxy) is 3. The molecule has 1 fully saturated rings. The van der Waals surface area contributed by atoms with Crippen LogP contribution in [0.1, 0.15) is 23.6 Å². The molecule has 1 aliphatic rings. The van der Waals surface area contributed by atoms with Gasteiger partial charge < -0.3 is 19.5 Å². The van der Waals surface area contributed by atoms with Gasteiger partial charge in [0.25, 0.3) is 11.1 Å². The average Bonchev–Trinajstić information content (AvgIpc) is 3.20. The molecule has 226 valence electrons. The zero-order valence-electron chi connectivity index (χ0n) is 22.6. The van der Waals surface area contributed by atoms with Crippen molar-refractivity contribution in [3.63, 3.8) is 0 Å². The van der Waals surface area contributed by atoms with E-state index in [1.54, 1.807) is 31.2 Å². The van der Waals surface area contributed by atoms with E-state index in [0.717, 1.165) is 17.7 Å². The van der Waals surface area contributed by atoms with Crippen molar-refractivity contribution in [3.05, 3.63) is 86.2 Å². The molecule has 14 heteroatoms. The Balaban J connectivity index is 1.50. The maximum atomic E-state index is 13.1. The maximum absolute atomic E-state index is 13.1. The lowest BCUT2D eigenvalue weighted by atomic mass is 10.1. The van der Waals surface area contributed by atoms with Crippen molar-refractivity contribution >= 4 is 63.8 Å². The first-order chi connectivity index (χ1) is 20.4. The summed E-state index contributed by atoms with van der Waals surface area (Å²) in [6.45, 7) is 1.43. The number of anilines is 1. The number of thioether (sulfide) groups is 1. The SMILES string of the molecule is CCOc1cc(/C=C2\SC(=O)N(CC(=O)Nc3cc(C(F)(F)F)ccc3OC)C2=O)cc(Cl)c1OCc1ccccc1Cl. The molecule has 0 unspecified atom stereocenters. The molecule has 0 spiro atoms. The zero-order chi connectivity index (χ0) is 31.3. The Morgan fingerprint density at radius 1 is 1.02 bits per heavy atom. The summed E-state index contributed by atoms with van der Waals surface area (Å²) in [5, 5.41) is 2.23. The van der Waals surface area contributed by atoms with Gasteiger partial charge in [-0.05, 0) is 66.7 Å². The summed E-state index contributed by atoms with van der Waals surface area (Å²) in [6.07, 6.45) is -3.25. The predicted molar refractivity (Wildman–Crippen MR) is 158 cm³/mol. The minimum atomic E-state index is -4.66. The number of nitrogens with one attached hydrogen (secondary N) is 1. The van der Waals surface area contributed by atoms with Gasteiger partial charge in [-0.1, -0.05) is 41.4 Å². The molecule has 0 saturated carbocycles. The number of hydrogen-bond donors (Lipinski definition) is 1. The second-order valence-electron chi connectivity index (χ2n) is 8.87. The molecule has 3 aromatic rings. The second kappa shape index (κ2) is 13.6. The van der Waals surface area contributed by atoms with E-state index in [1.165, 1.54) is 19.3 Å². The summed E-state index contributed by atoms with van der Waals surface area (Å²) >= 11 is 13.3. The summed E-state index contributed by atoms with van der Waals surface area (Å²) in [5.41, 5.74) is -0.124. The van der Waals surface area contributed by atoms with Gasteiger partial charge in [0, 0.05) is 10.6 Å². The normalized spacial score (nSPS) is 14.3. The summed E-state index contributed by atoms with van der Waals surface area (Å²) < 4.78 is 56.0. The first-order valence-electron chi connectivity index (χ1n) is 12.5. The number of carbonyl (C=O) groups excluding carboxylic acids is 3. The third-order valence-electron chi connectivity index (χ3n) is 5.94. The Morgan fingerprint density at radius 2 is 1.77 bits per heavy atom. The molecule has 0 aliphatic carbocycles. The van der Waals surface area contributed by atoms with Crippen LogP contribution in [0.5, 0.6) is 17.2 Å². The van der Waals surface area contributed by atoms with Crippen molar-refractivity contribution in [3.8, 4) is 17.2 Å². The lowest BCUT2D eigenvalue weighted by molar-refractivity contribution is -0.137. The lowest BCUT2D eigenvalue weighted by Gasteiger charge is -2.16. The number of alkyl halides is 3. The topological polar surface area (TPSA) is 94.2 Å². The van der Waals surface area contributed by atoms with Crippen molar-refractivity contribution in [2.75, 3.05) is 25.6 Å². The number of hydrogen-bond acceptors (Lipinski definition) is 7. The van der Waals surface area contributed by atoms with Crippen LogP contribution < -0.4 is 19.5 Å². The van der Waals surface area contributed by atoms with Gasteiger partial charge in [0.2, 0.25) is 5.91 Å². The largest absolute Gasteiger partial charge is 0.495 e. The molecule has 43 heavy (non-hydrogen) atoms. The fourth-order valence-corrected chi connectivity index (χ4v) is 5.24. The van der Waals surface area contributed by atoms with Crippen LogP contribution in [0.15, 0.2) is 59.5 Å². The second-order valence-corrected chi connectivity index (χ2v) is 10.7. The monoisotopic (exact) mass is 654 g/mol. The Morgan fingerprint density at radius 3 is 2.44 bits per heavy atom. The molecule has 1 saturated heterocycles. The molecule has 1 aliphatic heterocycles. The number of carbonyl (C=O) groups is 3. The Labute approximate surface area is 258 Å². The lowest BCUT2D eigenvalue weighted by Crippen LogP contribution is -2.36. The molecule has 1 N–H and O–H groups in total. The molecule has 0 radical (unpaired) electrons. The summed E-state index contributed by atoms with van der Waals surface area (Å²) in [5.74, 6) is -1.15. The minimum Gasteiger partial charge on any atom is -0.495 e. The van der Waals surface area contributed by atoms with E-state index in [0.29, 0.717) is 39.1 Å². The fraction of sp³-hybridized carbons (Fsp3) is 0.207. The molecule has 4 rings (SSSR count). The van der Waals surface area contributed by atoms with E-state index < -0.39 is 35.3 Å². The summed E-state index contributed by atoms with van der Waals surface area (Å²) in [7, 11) is 1.22. The highest BCUT2D eigenvalue weighted by molar-refractivity contribution is 8.18. The van der Waals surface area contributed by atoms with Crippen molar-refractivity contribution in [2.45, 2.75) is 19.7 Å². The van der Waals surface area contributed by atoms with Gasteiger partial charge in [-0.15, -0.1) is 0 Å². The van der Waals surface area contributed by atoms with Crippen molar-refractivity contribution in [1.29, 1.82) is 0 Å². The molecule has 3 amide bonds. The smallest absolute Gasteiger partial charge is 0.416 e. The van der Waals surface area contributed by atoms with Crippen LogP contribution in [-0.2, 0) is 22.4 Å². The molecule has 0 bridgehead atoms. The first kappa shape index (κ1) is 32.1. The number of methoxy groups -OCH3 is 1. The number of imide groups is 1. The van der Waals surface area contributed by atoms with Crippen LogP contribution in [0, 0.1) is 0 Å². The molecular weight excluding hydrogens is 632 g/mol. The number of benzene rings is 3. The van der Waals surface area contributed by atoms with Crippen LogP contribution in [-0.4, -0.2) is 42.2 Å². The fourth-order valence-electron chi connectivity index (χ4n) is 3.94. The van der Waals surface area contributed by atoms with Gasteiger partial charge in [0.1, 0.15) is 18.9 Å². The molecule has 3 aromatic carbocycles. The molecular formula is C29H23Cl2F3N2O6S. The number of nitrogens with zero attached hydrogens (tertiary/aromatic N) is 1. The van der Waals surface area contributed by atoms with E-state index in [1.807, 2.05) is 6.07 Å². The van der Waals surface area contributed by atoms with Crippen LogP contribution >= 0.6 is 35.0 Å². The highest BCUT2D eigenvalue weighted by Crippen LogP contribution is 2.40. The van der Waals surface area contributed by atoms with Crippen LogP contribution in [0.3, 0.4) is 0 Å². The maximum Gasteiger partial charge on any atom is 0.416 e. The first-order valence-corrected chi connectivity index (χ1v) is 14.1. The molecule has 8 nitrogen and oxygen atoms in total. The molecule has 0 atom stereocenters. The van der Waals surface area contributed by atoms with Crippen LogP contribution in [0.4, 0.5) is 23.7 Å². The number of halogens is 5. The molecule has 1 heterocycles. The highest BCUT2D eigenvalue weighted by atomic mass is 35.5. The molecule has 0 aromatic heterocycles. The van der Waals surface area contributed by atoms with Crippen LogP contribution in [0.25, 0.3) is 6.08 Å². The van der Waals surface area contributed by atoms with E-state index in [9.17, 15) is 27.6 Å². The van der Waals surface area contributed by atoms with Gasteiger partial charge in [-0.2, -0.15) is 13.2 Å². The Hall–Kier alpha value is -3.87. The van der Waals surface area contributed by atoms with Crippen molar-refractivity contribution in [1.82, 2.24) is 4.90 Å². The number of rotatable bonds is 10. The van der Waals surface area contributed by atoms with Gasteiger partial charge >= 0.3 is 6.18 Å². The third kappa shape index (κ3) is 7.75. The average molecular weight is 655 g/mol. The quantitative estimate of drug-likeness (QED) is 0.224. The van der Waals surface area contributed by atoms with E-state index in [4.69, 9.17) is 37.4 Å². The van der Waals surface area contributed by atoms with E-state index in [2.05, 4.69) is 5.32 Å². The zero-order valence-corrected chi connectivity index (χ0v) is 24.9. The van der Waals surface area contributed by atoms with Gasteiger partial charge in [-0.25, -0.2) is 0 Å². The summed E-state index contributed by atoms with van der Waals surface area (Å²) in [4.78, 5) is 39.0. The third-order valence-corrected chi connectivity index (χ3v) is 7.49. The Kier molecular flexibility index (Phi) is 10.2. The minimum absolute atomic E-state index is 0.00213. The van der Waals surface area contributed by atoms with E-state index >= 15 is 0 Å². The highest BCUT2D eigenvalue weighted by Gasteiger charge is 2.37. The van der Waals surface area contributed by atoms with Crippen molar-refractivity contribution in [2.24, 2.45) is 0 Å². The van der Waals surface area contributed by atoms with E-state index in [-0.39, 0.29) is 40.3 Å². The van der Waals surface area contributed by atoms with Gasteiger partial charge in [0.15, 0.2) is 11.5 Å². The van der Waals surface area contributed by atoms with Crippen LogP contribution in [0.2, 0.25) is 10.0 Å².